The van der Waals surface area contributed by atoms with Crippen LogP contribution < -0.4 is 5.32 Å². The number of thioether (sulfide) groups is 1. The molecular formula is C16H14F3NS. The molecule has 1 aliphatic rings. The Labute approximate surface area is 125 Å². The SMILES string of the molecule is FC(F)(F)Sc1ccccc1NC1CCc2ccccc21. The highest BCUT2D eigenvalue weighted by Gasteiger charge is 2.31. The van der Waals surface area contributed by atoms with E-state index in [1.807, 2.05) is 18.2 Å². The average molecular weight is 309 g/mol. The number of aryl methyl sites for hydroxylation is 1. The van der Waals surface area contributed by atoms with Gasteiger partial charge in [-0.05, 0) is 47.9 Å². The molecule has 0 bridgehead atoms. The Bertz CT molecular complexity index is 639. The summed E-state index contributed by atoms with van der Waals surface area (Å²) in [6, 6.07) is 14.7. The minimum Gasteiger partial charge on any atom is -0.377 e. The van der Waals surface area contributed by atoms with Crippen LogP contribution in [0.2, 0.25) is 0 Å². The number of nitrogens with one attached hydrogen (secondary N) is 1. The Kier molecular flexibility index (Phi) is 3.85. The molecule has 1 aliphatic carbocycles. The normalized spacial score (nSPS) is 17.6. The minimum absolute atomic E-state index is 0.0705. The lowest BCUT2D eigenvalue weighted by atomic mass is 10.1. The van der Waals surface area contributed by atoms with Gasteiger partial charge in [0.1, 0.15) is 0 Å². The van der Waals surface area contributed by atoms with Crippen molar-refractivity contribution in [1.29, 1.82) is 0 Å². The Morgan fingerprint density at radius 3 is 2.52 bits per heavy atom. The molecule has 0 fully saturated rings. The lowest BCUT2D eigenvalue weighted by Gasteiger charge is -2.18. The Balaban J connectivity index is 1.83. The van der Waals surface area contributed by atoms with Crippen LogP contribution in [0.1, 0.15) is 23.6 Å². The van der Waals surface area contributed by atoms with E-state index in [0.29, 0.717) is 5.69 Å². The fraction of sp³-hybridized carbons (Fsp3) is 0.250. The zero-order chi connectivity index (χ0) is 14.9. The van der Waals surface area contributed by atoms with Crippen molar-refractivity contribution in [2.45, 2.75) is 29.3 Å². The highest BCUT2D eigenvalue weighted by molar-refractivity contribution is 8.00. The van der Waals surface area contributed by atoms with E-state index in [4.69, 9.17) is 0 Å². The lowest BCUT2D eigenvalue weighted by Crippen LogP contribution is -2.09. The van der Waals surface area contributed by atoms with Gasteiger partial charge in [-0.2, -0.15) is 13.2 Å². The summed E-state index contributed by atoms with van der Waals surface area (Å²) in [5, 5.41) is 3.27. The summed E-state index contributed by atoms with van der Waals surface area (Å²) < 4.78 is 37.8. The van der Waals surface area contributed by atoms with Gasteiger partial charge in [0.15, 0.2) is 0 Å². The van der Waals surface area contributed by atoms with Gasteiger partial charge in [-0.25, -0.2) is 0 Å². The highest BCUT2D eigenvalue weighted by atomic mass is 32.2. The molecule has 5 heteroatoms. The smallest absolute Gasteiger partial charge is 0.377 e. The Morgan fingerprint density at radius 1 is 1.00 bits per heavy atom. The number of halogens is 3. The van der Waals surface area contributed by atoms with Gasteiger partial charge in [-0.15, -0.1) is 0 Å². The summed E-state index contributed by atoms with van der Waals surface area (Å²) >= 11 is -0.0705. The molecule has 21 heavy (non-hydrogen) atoms. The third kappa shape index (κ3) is 3.35. The summed E-state index contributed by atoms with van der Waals surface area (Å²) in [6.07, 6.45) is 1.87. The van der Waals surface area contributed by atoms with Crippen LogP contribution in [0.4, 0.5) is 18.9 Å². The van der Waals surface area contributed by atoms with Crippen LogP contribution in [-0.2, 0) is 6.42 Å². The van der Waals surface area contributed by atoms with Gasteiger partial charge in [0.2, 0.25) is 0 Å². The zero-order valence-corrected chi connectivity index (χ0v) is 12.0. The van der Waals surface area contributed by atoms with E-state index in [-0.39, 0.29) is 22.7 Å². The minimum atomic E-state index is -4.27. The molecule has 0 saturated carbocycles. The Hall–Kier alpha value is -1.62. The van der Waals surface area contributed by atoms with Gasteiger partial charge in [-0.3, -0.25) is 0 Å². The number of hydrogen-bond acceptors (Lipinski definition) is 2. The van der Waals surface area contributed by atoms with Gasteiger partial charge in [0, 0.05) is 10.6 Å². The molecule has 0 amide bonds. The summed E-state index contributed by atoms with van der Waals surface area (Å²) in [4.78, 5) is 0.217. The van der Waals surface area contributed by atoms with Gasteiger partial charge in [0.05, 0.1) is 6.04 Å². The van der Waals surface area contributed by atoms with E-state index in [1.165, 1.54) is 17.2 Å². The van der Waals surface area contributed by atoms with E-state index >= 15 is 0 Å². The van der Waals surface area contributed by atoms with Gasteiger partial charge >= 0.3 is 5.51 Å². The van der Waals surface area contributed by atoms with Crippen molar-refractivity contribution in [1.82, 2.24) is 0 Å². The van der Waals surface area contributed by atoms with E-state index in [9.17, 15) is 13.2 Å². The number of hydrogen-bond donors (Lipinski definition) is 1. The molecule has 2 aromatic carbocycles. The van der Waals surface area contributed by atoms with E-state index < -0.39 is 5.51 Å². The number of benzene rings is 2. The van der Waals surface area contributed by atoms with Crippen LogP contribution in [0.3, 0.4) is 0 Å². The first-order valence-corrected chi connectivity index (χ1v) is 7.54. The Morgan fingerprint density at radius 2 is 1.71 bits per heavy atom. The van der Waals surface area contributed by atoms with Crippen molar-refractivity contribution in [2.24, 2.45) is 0 Å². The maximum Gasteiger partial charge on any atom is 0.446 e. The number of alkyl halides is 3. The number of para-hydroxylation sites is 1. The van der Waals surface area contributed by atoms with E-state index in [0.717, 1.165) is 12.8 Å². The summed E-state index contributed by atoms with van der Waals surface area (Å²) in [6.45, 7) is 0. The van der Waals surface area contributed by atoms with Crippen LogP contribution >= 0.6 is 11.8 Å². The maximum atomic E-state index is 12.6. The second-order valence-electron chi connectivity index (χ2n) is 4.98. The highest BCUT2D eigenvalue weighted by Crippen LogP contribution is 2.42. The van der Waals surface area contributed by atoms with Crippen LogP contribution in [0, 0.1) is 0 Å². The van der Waals surface area contributed by atoms with Crippen LogP contribution in [0.25, 0.3) is 0 Å². The van der Waals surface area contributed by atoms with Gasteiger partial charge < -0.3 is 5.32 Å². The van der Waals surface area contributed by atoms with Crippen LogP contribution in [0.5, 0.6) is 0 Å². The van der Waals surface area contributed by atoms with Crippen LogP contribution in [0.15, 0.2) is 53.4 Å². The summed E-state index contributed by atoms with van der Waals surface area (Å²) in [5.41, 5.74) is -1.27. The third-order valence-electron chi connectivity index (χ3n) is 3.58. The zero-order valence-electron chi connectivity index (χ0n) is 11.2. The second-order valence-corrected chi connectivity index (χ2v) is 6.09. The first-order chi connectivity index (χ1) is 10.0. The quantitative estimate of drug-likeness (QED) is 0.762. The standard InChI is InChI=1S/C16H14F3NS/c17-16(18,19)21-15-8-4-3-7-14(15)20-13-10-9-11-5-1-2-6-12(11)13/h1-8,13,20H,9-10H2. The monoisotopic (exact) mass is 309 g/mol. The molecule has 0 spiro atoms. The molecule has 1 nitrogen and oxygen atoms in total. The molecule has 3 rings (SSSR count). The fourth-order valence-electron chi connectivity index (χ4n) is 2.69. The molecular weight excluding hydrogens is 295 g/mol. The third-order valence-corrected chi connectivity index (χ3v) is 4.38. The summed E-state index contributed by atoms with van der Waals surface area (Å²) in [5.74, 6) is 0. The molecule has 1 N–H and O–H groups in total. The molecule has 0 heterocycles. The molecule has 1 atom stereocenters. The average Bonchev–Trinajstić information content (AvgIpc) is 2.83. The van der Waals surface area contributed by atoms with Crippen molar-refractivity contribution in [3.63, 3.8) is 0 Å². The van der Waals surface area contributed by atoms with Crippen molar-refractivity contribution in [2.75, 3.05) is 5.32 Å². The molecule has 1 unspecified atom stereocenters. The van der Waals surface area contributed by atoms with Crippen molar-refractivity contribution < 1.29 is 13.2 Å². The summed E-state index contributed by atoms with van der Waals surface area (Å²) in [7, 11) is 0. The van der Waals surface area contributed by atoms with E-state index in [1.54, 1.807) is 18.2 Å². The first kappa shape index (κ1) is 14.3. The number of anilines is 1. The van der Waals surface area contributed by atoms with Crippen molar-refractivity contribution >= 4 is 17.4 Å². The predicted molar refractivity (Wildman–Crippen MR) is 79.5 cm³/mol. The van der Waals surface area contributed by atoms with Crippen LogP contribution in [-0.4, -0.2) is 5.51 Å². The van der Waals surface area contributed by atoms with Gasteiger partial charge in [-0.1, -0.05) is 36.4 Å². The maximum absolute atomic E-state index is 12.6. The number of fused-ring (bicyclic) bond motifs is 1. The predicted octanol–water partition coefficient (Wildman–Crippen LogP) is 5.40. The van der Waals surface area contributed by atoms with Gasteiger partial charge in [0.25, 0.3) is 0 Å². The molecule has 0 radical (unpaired) electrons. The molecule has 110 valence electrons. The lowest BCUT2D eigenvalue weighted by molar-refractivity contribution is -0.0327. The molecule has 0 aliphatic heterocycles. The second kappa shape index (κ2) is 5.64. The van der Waals surface area contributed by atoms with Crippen molar-refractivity contribution in [3.05, 3.63) is 59.7 Å². The molecule has 0 aromatic heterocycles. The van der Waals surface area contributed by atoms with E-state index in [2.05, 4.69) is 11.4 Å². The topological polar surface area (TPSA) is 12.0 Å². The van der Waals surface area contributed by atoms with Crippen molar-refractivity contribution in [3.8, 4) is 0 Å². The molecule has 2 aromatic rings. The largest absolute Gasteiger partial charge is 0.446 e. The fourth-order valence-corrected chi connectivity index (χ4v) is 3.33. The first-order valence-electron chi connectivity index (χ1n) is 6.72. The number of rotatable bonds is 3. The molecule has 0 saturated heterocycles.